The molecule has 0 aliphatic rings. The summed E-state index contributed by atoms with van der Waals surface area (Å²) in [4.78, 5) is 9.96. The lowest BCUT2D eigenvalue weighted by molar-refractivity contribution is -0.128. The van der Waals surface area contributed by atoms with Crippen LogP contribution >= 0.6 is 11.6 Å². The van der Waals surface area contributed by atoms with E-state index >= 15 is 0 Å². The van der Waals surface area contributed by atoms with Gasteiger partial charge in [0.1, 0.15) is 5.58 Å². The quantitative estimate of drug-likeness (QED) is 0.533. The van der Waals surface area contributed by atoms with Crippen molar-refractivity contribution in [2.45, 2.75) is 32.1 Å². The van der Waals surface area contributed by atoms with E-state index in [9.17, 15) is 4.79 Å². The zero-order valence-electron chi connectivity index (χ0n) is 10.7. The first-order valence-corrected chi connectivity index (χ1v) is 6.90. The third kappa shape index (κ3) is 4.00. The Morgan fingerprint density at radius 2 is 2.05 bits per heavy atom. The molecule has 0 spiro atoms. The first-order valence-electron chi connectivity index (χ1n) is 6.52. The van der Waals surface area contributed by atoms with Gasteiger partial charge in [-0.2, -0.15) is 0 Å². The molecule has 2 aromatic rings. The Morgan fingerprint density at radius 1 is 1.21 bits per heavy atom. The van der Waals surface area contributed by atoms with Crippen LogP contribution in [0, 0.1) is 0 Å². The molecule has 0 N–H and O–H groups in total. The molecule has 1 heterocycles. The van der Waals surface area contributed by atoms with Gasteiger partial charge in [0.25, 0.3) is 6.47 Å². The van der Waals surface area contributed by atoms with Crippen LogP contribution in [-0.2, 0) is 16.0 Å². The molecule has 0 radical (unpaired) electrons. The van der Waals surface area contributed by atoms with E-state index in [1.165, 1.54) is 5.56 Å². The summed E-state index contributed by atoms with van der Waals surface area (Å²) in [6, 6.07) is 5.69. The maximum absolute atomic E-state index is 9.96. The summed E-state index contributed by atoms with van der Waals surface area (Å²) in [5.74, 6) is 0. The van der Waals surface area contributed by atoms with Crippen LogP contribution in [0.2, 0.25) is 5.02 Å². The number of aryl methyl sites for hydroxylation is 1. The lowest BCUT2D eigenvalue weighted by Gasteiger charge is -2.00. The van der Waals surface area contributed by atoms with Gasteiger partial charge >= 0.3 is 0 Å². The first-order chi connectivity index (χ1) is 9.31. The number of fused-ring (bicyclic) bond motifs is 1. The van der Waals surface area contributed by atoms with E-state index in [-0.39, 0.29) is 0 Å². The number of unbranched alkanes of at least 4 members (excludes halogenated alkanes) is 3. The van der Waals surface area contributed by atoms with Crippen LogP contribution in [0.25, 0.3) is 11.0 Å². The molecule has 102 valence electrons. The smallest absolute Gasteiger partial charge is 0.293 e. The van der Waals surface area contributed by atoms with Crippen molar-refractivity contribution in [3.63, 3.8) is 0 Å². The highest BCUT2D eigenvalue weighted by molar-refractivity contribution is 6.31. The number of carbonyl (C=O) groups is 1. The number of carbonyl (C=O) groups excluding carboxylic acids is 1. The molecular weight excluding hydrogens is 264 g/mol. The molecule has 4 heteroatoms. The Hall–Kier alpha value is -1.48. The minimum absolute atomic E-state index is 0.501. The van der Waals surface area contributed by atoms with Gasteiger partial charge in [0.05, 0.1) is 12.9 Å². The fourth-order valence-corrected chi connectivity index (χ4v) is 2.32. The number of ether oxygens (including phenoxy) is 1. The molecule has 1 aromatic heterocycles. The molecule has 0 bridgehead atoms. The molecule has 0 aliphatic heterocycles. The zero-order chi connectivity index (χ0) is 13.5. The predicted octanol–water partition coefficient (Wildman–Crippen LogP) is 4.36. The highest BCUT2D eigenvalue weighted by atomic mass is 35.5. The lowest BCUT2D eigenvalue weighted by Crippen LogP contribution is -1.92. The molecule has 0 atom stereocenters. The van der Waals surface area contributed by atoms with Crippen LogP contribution < -0.4 is 0 Å². The third-order valence-corrected chi connectivity index (χ3v) is 3.38. The minimum Gasteiger partial charge on any atom is -0.468 e. The van der Waals surface area contributed by atoms with Crippen molar-refractivity contribution in [2.75, 3.05) is 6.61 Å². The third-order valence-electron chi connectivity index (χ3n) is 3.14. The number of hydrogen-bond acceptors (Lipinski definition) is 3. The highest BCUT2D eigenvalue weighted by Crippen LogP contribution is 2.25. The Morgan fingerprint density at radius 3 is 2.89 bits per heavy atom. The maximum atomic E-state index is 9.96. The average molecular weight is 281 g/mol. The molecule has 0 unspecified atom stereocenters. The van der Waals surface area contributed by atoms with E-state index in [4.69, 9.17) is 16.0 Å². The summed E-state index contributed by atoms with van der Waals surface area (Å²) in [5.41, 5.74) is 2.10. The minimum atomic E-state index is 0.501. The SMILES string of the molecule is O=COCCCCCCc1coc2ccc(Cl)cc12. The number of halogens is 1. The largest absolute Gasteiger partial charge is 0.468 e. The van der Waals surface area contributed by atoms with E-state index in [1.807, 2.05) is 24.5 Å². The van der Waals surface area contributed by atoms with Crippen LogP contribution in [-0.4, -0.2) is 13.1 Å². The molecule has 0 aliphatic carbocycles. The van der Waals surface area contributed by atoms with Crippen LogP contribution in [0.1, 0.15) is 31.2 Å². The molecule has 0 saturated carbocycles. The molecular formula is C15H17ClO3. The number of rotatable bonds is 8. The topological polar surface area (TPSA) is 39.4 Å². The van der Waals surface area contributed by atoms with Crippen molar-refractivity contribution in [1.82, 2.24) is 0 Å². The second kappa shape index (κ2) is 7.19. The number of furan rings is 1. The number of benzene rings is 1. The second-order valence-electron chi connectivity index (χ2n) is 4.53. The Labute approximate surface area is 117 Å². The fraction of sp³-hybridized carbons (Fsp3) is 0.400. The van der Waals surface area contributed by atoms with Gasteiger partial charge in [-0.3, -0.25) is 4.79 Å². The van der Waals surface area contributed by atoms with Crippen LogP contribution in [0.4, 0.5) is 0 Å². The predicted molar refractivity (Wildman–Crippen MR) is 75.4 cm³/mol. The molecule has 1 aromatic carbocycles. The molecule has 0 amide bonds. The Kier molecular flexibility index (Phi) is 5.28. The standard InChI is InChI=1S/C15H17ClO3/c16-13-6-7-15-14(9-13)12(10-19-15)5-3-1-2-4-8-18-11-17/h6-7,9-11H,1-5,8H2. The van der Waals surface area contributed by atoms with E-state index in [0.29, 0.717) is 13.1 Å². The normalized spacial score (nSPS) is 10.8. The van der Waals surface area contributed by atoms with Crippen molar-refractivity contribution in [2.24, 2.45) is 0 Å². The van der Waals surface area contributed by atoms with Gasteiger partial charge in [0, 0.05) is 10.4 Å². The van der Waals surface area contributed by atoms with Gasteiger partial charge in [0.15, 0.2) is 0 Å². The highest BCUT2D eigenvalue weighted by Gasteiger charge is 2.06. The molecule has 2 rings (SSSR count). The van der Waals surface area contributed by atoms with Crippen LogP contribution in [0.5, 0.6) is 0 Å². The summed E-state index contributed by atoms with van der Waals surface area (Å²) in [6.45, 7) is 1.02. The van der Waals surface area contributed by atoms with Gasteiger partial charge in [-0.05, 0) is 43.0 Å². The van der Waals surface area contributed by atoms with Crippen LogP contribution in [0.3, 0.4) is 0 Å². The Bertz CT molecular complexity index is 533. The van der Waals surface area contributed by atoms with Gasteiger partial charge in [0.2, 0.25) is 0 Å². The van der Waals surface area contributed by atoms with Gasteiger partial charge in [-0.15, -0.1) is 0 Å². The number of hydrogen-bond donors (Lipinski definition) is 0. The average Bonchev–Trinajstić information content (AvgIpc) is 2.80. The summed E-state index contributed by atoms with van der Waals surface area (Å²) < 4.78 is 10.1. The first kappa shape index (κ1) is 13.9. The summed E-state index contributed by atoms with van der Waals surface area (Å²) >= 11 is 6.00. The van der Waals surface area contributed by atoms with Crippen LogP contribution in [0.15, 0.2) is 28.9 Å². The van der Waals surface area contributed by atoms with Gasteiger partial charge in [-0.1, -0.05) is 24.4 Å². The fourth-order valence-electron chi connectivity index (χ4n) is 2.15. The van der Waals surface area contributed by atoms with Crippen molar-refractivity contribution in [3.8, 4) is 0 Å². The van der Waals surface area contributed by atoms with Gasteiger partial charge < -0.3 is 9.15 Å². The summed E-state index contributed by atoms with van der Waals surface area (Å²) in [6.07, 6.45) is 7.02. The summed E-state index contributed by atoms with van der Waals surface area (Å²) in [7, 11) is 0. The molecule has 3 nitrogen and oxygen atoms in total. The summed E-state index contributed by atoms with van der Waals surface area (Å²) in [5, 5.41) is 1.85. The van der Waals surface area contributed by atoms with E-state index < -0.39 is 0 Å². The monoisotopic (exact) mass is 280 g/mol. The van der Waals surface area contributed by atoms with Crippen molar-refractivity contribution in [1.29, 1.82) is 0 Å². The molecule has 0 saturated heterocycles. The van der Waals surface area contributed by atoms with E-state index in [0.717, 1.165) is 48.1 Å². The molecule has 0 fully saturated rings. The van der Waals surface area contributed by atoms with Crippen molar-refractivity contribution < 1.29 is 13.9 Å². The lowest BCUT2D eigenvalue weighted by atomic mass is 10.1. The zero-order valence-corrected chi connectivity index (χ0v) is 11.5. The molecule has 19 heavy (non-hydrogen) atoms. The second-order valence-corrected chi connectivity index (χ2v) is 4.97. The van der Waals surface area contributed by atoms with E-state index in [1.54, 1.807) is 0 Å². The van der Waals surface area contributed by atoms with Crippen molar-refractivity contribution in [3.05, 3.63) is 35.0 Å². The van der Waals surface area contributed by atoms with Crippen molar-refractivity contribution >= 4 is 29.0 Å². The van der Waals surface area contributed by atoms with E-state index in [2.05, 4.69) is 4.74 Å². The van der Waals surface area contributed by atoms with Gasteiger partial charge in [-0.25, -0.2) is 0 Å². The Balaban J connectivity index is 1.78. The maximum Gasteiger partial charge on any atom is 0.293 e.